The molecular formula is C33H34O7. The van der Waals surface area contributed by atoms with Crippen LogP contribution in [-0.4, -0.2) is 45.3 Å². The van der Waals surface area contributed by atoms with Crippen molar-refractivity contribution in [2.24, 2.45) is 5.92 Å². The number of esters is 1. The molecule has 0 saturated carbocycles. The summed E-state index contributed by atoms with van der Waals surface area (Å²) in [5, 5.41) is 0. The molecule has 0 spiro atoms. The van der Waals surface area contributed by atoms with Crippen LogP contribution in [0, 0.1) is 12.8 Å². The average Bonchev–Trinajstić information content (AvgIpc) is 3.67. The molecule has 0 radical (unpaired) electrons. The van der Waals surface area contributed by atoms with Gasteiger partial charge in [-0.15, -0.1) is 0 Å². The van der Waals surface area contributed by atoms with Gasteiger partial charge in [-0.2, -0.15) is 0 Å². The van der Waals surface area contributed by atoms with E-state index in [9.17, 15) is 4.79 Å². The van der Waals surface area contributed by atoms with Crippen LogP contribution in [0.15, 0.2) is 48.5 Å². The number of ether oxygens (including phenoxy) is 6. The molecule has 208 valence electrons. The highest BCUT2D eigenvalue weighted by Gasteiger charge is 2.43. The number of aryl methyl sites for hydroxylation is 1. The van der Waals surface area contributed by atoms with Crippen LogP contribution in [0.2, 0.25) is 0 Å². The van der Waals surface area contributed by atoms with Gasteiger partial charge in [-0.25, -0.2) is 0 Å². The summed E-state index contributed by atoms with van der Waals surface area (Å²) in [6.45, 7) is 4.45. The van der Waals surface area contributed by atoms with Crippen LogP contribution in [-0.2, 0) is 38.5 Å². The van der Waals surface area contributed by atoms with E-state index in [4.69, 9.17) is 28.4 Å². The van der Waals surface area contributed by atoms with Crippen molar-refractivity contribution in [2.75, 3.05) is 26.9 Å². The number of hydrogen-bond acceptors (Lipinski definition) is 7. The van der Waals surface area contributed by atoms with Gasteiger partial charge in [0.2, 0.25) is 0 Å². The summed E-state index contributed by atoms with van der Waals surface area (Å²) in [4.78, 5) is 11.7. The fourth-order valence-corrected chi connectivity index (χ4v) is 6.52. The molecule has 0 N–H and O–H groups in total. The van der Waals surface area contributed by atoms with E-state index < -0.39 is 0 Å². The number of benzene rings is 3. The van der Waals surface area contributed by atoms with Gasteiger partial charge in [-0.3, -0.25) is 4.79 Å². The first-order valence-electron chi connectivity index (χ1n) is 14.2. The molecular weight excluding hydrogens is 508 g/mol. The van der Waals surface area contributed by atoms with Crippen LogP contribution in [0.5, 0.6) is 17.2 Å². The van der Waals surface area contributed by atoms with E-state index in [1.54, 1.807) is 0 Å². The molecule has 0 amide bonds. The van der Waals surface area contributed by atoms with Crippen molar-refractivity contribution in [2.45, 2.75) is 57.5 Å². The second-order valence-corrected chi connectivity index (χ2v) is 11.2. The standard InChI is InChI=1S/C33H34O7/c1-19-12-29(40-30-18-39-33-27(30)10-11-36-33)25-8-9-26(25)32(19)21-5-3-4-20(13-21)16-37-23-6-7-24-22(14-31(34)35-2)17-38-28(24)15-23/h3-7,12-13,15,22,27,30,33H,8-11,14,16-18H2,1-2H3. The fourth-order valence-electron chi connectivity index (χ4n) is 6.52. The minimum atomic E-state index is -0.227. The molecule has 4 unspecified atom stereocenters. The van der Waals surface area contributed by atoms with E-state index in [-0.39, 0.29) is 24.3 Å². The Morgan fingerprint density at radius 2 is 1.93 bits per heavy atom. The minimum absolute atomic E-state index is 0.0194. The Balaban J connectivity index is 1.06. The van der Waals surface area contributed by atoms with Gasteiger partial charge in [0.1, 0.15) is 30.0 Å². The summed E-state index contributed by atoms with van der Waals surface area (Å²) < 4.78 is 34.8. The summed E-state index contributed by atoms with van der Waals surface area (Å²) in [6, 6.07) is 16.7. The Morgan fingerprint density at radius 1 is 1.02 bits per heavy atom. The lowest BCUT2D eigenvalue weighted by molar-refractivity contribution is -0.141. The summed E-state index contributed by atoms with van der Waals surface area (Å²) in [7, 11) is 1.41. The maximum Gasteiger partial charge on any atom is 0.306 e. The molecule has 1 aliphatic carbocycles. The number of fused-ring (bicyclic) bond motifs is 3. The minimum Gasteiger partial charge on any atom is -0.492 e. The molecule has 3 aromatic rings. The first-order chi connectivity index (χ1) is 19.6. The Hall–Kier alpha value is -3.55. The third-order valence-electron chi connectivity index (χ3n) is 8.72. The lowest BCUT2D eigenvalue weighted by atomic mass is 9.79. The van der Waals surface area contributed by atoms with E-state index >= 15 is 0 Å². The number of rotatable bonds is 8. The Morgan fingerprint density at radius 3 is 2.77 bits per heavy atom. The van der Waals surface area contributed by atoms with Crippen molar-refractivity contribution in [3.63, 3.8) is 0 Å². The van der Waals surface area contributed by atoms with Crippen LogP contribution >= 0.6 is 0 Å². The van der Waals surface area contributed by atoms with Crippen molar-refractivity contribution >= 4 is 5.97 Å². The van der Waals surface area contributed by atoms with Gasteiger partial charge >= 0.3 is 5.97 Å². The van der Waals surface area contributed by atoms with Gasteiger partial charge in [0.25, 0.3) is 0 Å². The molecule has 3 aromatic carbocycles. The third kappa shape index (κ3) is 4.61. The highest BCUT2D eigenvalue weighted by atomic mass is 16.7. The van der Waals surface area contributed by atoms with Gasteiger partial charge < -0.3 is 28.4 Å². The smallest absolute Gasteiger partial charge is 0.306 e. The van der Waals surface area contributed by atoms with E-state index in [0.29, 0.717) is 32.2 Å². The lowest BCUT2D eigenvalue weighted by Crippen LogP contribution is -2.27. The highest BCUT2D eigenvalue weighted by molar-refractivity contribution is 5.76. The predicted octanol–water partition coefficient (Wildman–Crippen LogP) is 5.52. The van der Waals surface area contributed by atoms with E-state index in [2.05, 4.69) is 37.3 Å². The van der Waals surface area contributed by atoms with Gasteiger partial charge in [-0.1, -0.05) is 24.3 Å². The molecule has 7 rings (SSSR count). The molecule has 2 fully saturated rings. The van der Waals surface area contributed by atoms with Gasteiger partial charge in [0.15, 0.2) is 6.29 Å². The average molecular weight is 543 g/mol. The third-order valence-corrected chi connectivity index (χ3v) is 8.72. The molecule has 3 heterocycles. The summed E-state index contributed by atoms with van der Waals surface area (Å²) in [5.74, 6) is 2.65. The zero-order chi connectivity index (χ0) is 27.2. The highest BCUT2D eigenvalue weighted by Crippen LogP contribution is 2.44. The maximum atomic E-state index is 11.7. The van der Waals surface area contributed by atoms with Gasteiger partial charge in [-0.05, 0) is 77.8 Å². The Bertz CT molecular complexity index is 1450. The Labute approximate surface area is 234 Å². The summed E-state index contributed by atoms with van der Waals surface area (Å²) in [6.07, 6.45) is 3.38. The lowest BCUT2D eigenvalue weighted by Gasteiger charge is -2.30. The molecule has 4 atom stereocenters. The van der Waals surface area contributed by atoms with Gasteiger partial charge in [0, 0.05) is 17.5 Å². The van der Waals surface area contributed by atoms with E-state index in [0.717, 1.165) is 54.2 Å². The summed E-state index contributed by atoms with van der Waals surface area (Å²) >= 11 is 0. The van der Waals surface area contributed by atoms with Gasteiger partial charge in [0.05, 0.1) is 39.3 Å². The number of carbonyl (C=O) groups excluding carboxylic acids is 1. The molecule has 0 aromatic heterocycles. The molecule has 0 bridgehead atoms. The number of methoxy groups -OCH3 is 1. The van der Waals surface area contributed by atoms with Crippen LogP contribution < -0.4 is 14.2 Å². The van der Waals surface area contributed by atoms with Crippen molar-refractivity contribution < 1.29 is 33.2 Å². The zero-order valence-corrected chi connectivity index (χ0v) is 22.9. The molecule has 4 aliphatic rings. The first-order valence-corrected chi connectivity index (χ1v) is 14.2. The van der Waals surface area contributed by atoms with Crippen LogP contribution in [0.4, 0.5) is 0 Å². The molecule has 2 saturated heterocycles. The largest absolute Gasteiger partial charge is 0.492 e. The van der Waals surface area contributed by atoms with Crippen LogP contribution in [0.1, 0.15) is 46.6 Å². The summed E-state index contributed by atoms with van der Waals surface area (Å²) in [5.41, 5.74) is 8.59. The van der Waals surface area contributed by atoms with Crippen molar-refractivity contribution in [3.8, 4) is 28.4 Å². The number of hydrogen-bond donors (Lipinski definition) is 0. The second-order valence-electron chi connectivity index (χ2n) is 11.2. The number of carbonyl (C=O) groups is 1. The Kier molecular flexibility index (Phi) is 6.64. The fraction of sp³-hybridized carbons (Fsp3) is 0.424. The zero-order valence-electron chi connectivity index (χ0n) is 22.9. The van der Waals surface area contributed by atoms with E-state index in [1.807, 2.05) is 18.2 Å². The molecule has 7 heteroatoms. The first kappa shape index (κ1) is 25.4. The molecule has 3 aliphatic heterocycles. The second kappa shape index (κ2) is 10.5. The van der Waals surface area contributed by atoms with Crippen molar-refractivity contribution in [3.05, 3.63) is 76.3 Å². The topological polar surface area (TPSA) is 72.5 Å². The normalized spacial score (nSPS) is 23.9. The quantitative estimate of drug-likeness (QED) is 0.347. The SMILES string of the molecule is COC(=O)CC1COc2cc(OCc3cccc(-c4c(C)cc(OC5COC6OCCC56)c5c4CC5)c3)ccc21. The maximum absolute atomic E-state index is 11.7. The molecule has 7 nitrogen and oxygen atoms in total. The monoisotopic (exact) mass is 542 g/mol. The van der Waals surface area contributed by atoms with E-state index in [1.165, 1.54) is 34.9 Å². The van der Waals surface area contributed by atoms with Crippen molar-refractivity contribution in [1.82, 2.24) is 0 Å². The van der Waals surface area contributed by atoms with Crippen LogP contribution in [0.3, 0.4) is 0 Å². The van der Waals surface area contributed by atoms with Crippen LogP contribution in [0.25, 0.3) is 11.1 Å². The van der Waals surface area contributed by atoms with Crippen molar-refractivity contribution in [1.29, 1.82) is 0 Å². The predicted molar refractivity (Wildman–Crippen MR) is 148 cm³/mol. The molecule has 40 heavy (non-hydrogen) atoms.